The normalized spacial score (nSPS) is 14.8. The van der Waals surface area contributed by atoms with Crippen molar-refractivity contribution in [2.24, 2.45) is 0 Å². The van der Waals surface area contributed by atoms with E-state index in [0.29, 0.717) is 0 Å². The van der Waals surface area contributed by atoms with Gasteiger partial charge in [0, 0.05) is 12.7 Å². The van der Waals surface area contributed by atoms with Gasteiger partial charge in [-0.2, -0.15) is 0 Å². The Hall–Kier alpha value is -2.02. The van der Waals surface area contributed by atoms with Gasteiger partial charge >= 0.3 is 0 Å². The van der Waals surface area contributed by atoms with Crippen LogP contribution in [0.5, 0.6) is 0 Å². The van der Waals surface area contributed by atoms with Gasteiger partial charge in [0.25, 0.3) is 0 Å². The highest BCUT2D eigenvalue weighted by atomic mass is 14.8. The Morgan fingerprint density at radius 3 is 2.57 bits per heavy atom. The molecular formula is C20H25N. The van der Waals surface area contributed by atoms with Gasteiger partial charge in [-0.25, -0.2) is 0 Å². The first-order chi connectivity index (χ1) is 10.3. The van der Waals surface area contributed by atoms with Gasteiger partial charge in [0.1, 0.15) is 0 Å². The summed E-state index contributed by atoms with van der Waals surface area (Å²) in [6.45, 7) is 2.24. The Kier molecular flexibility index (Phi) is 6.08. The van der Waals surface area contributed by atoms with E-state index in [1.165, 1.54) is 36.0 Å². The predicted molar refractivity (Wildman–Crippen MR) is 94.5 cm³/mol. The van der Waals surface area contributed by atoms with Gasteiger partial charge in [0.15, 0.2) is 0 Å². The molecule has 0 fully saturated rings. The maximum atomic E-state index is 3.14. The van der Waals surface area contributed by atoms with Gasteiger partial charge in [-0.1, -0.05) is 67.5 Å². The number of allylic oxidation sites excluding steroid dienone is 7. The minimum absolute atomic E-state index is 1.03. The number of hydrogen-bond acceptors (Lipinski definition) is 1. The van der Waals surface area contributed by atoms with Crippen LogP contribution >= 0.6 is 0 Å². The molecule has 1 aromatic rings. The molecular weight excluding hydrogens is 254 g/mol. The Morgan fingerprint density at radius 1 is 1.05 bits per heavy atom. The molecule has 0 unspecified atom stereocenters. The third-order valence-electron chi connectivity index (χ3n) is 3.71. The maximum absolute atomic E-state index is 3.14. The highest BCUT2D eigenvalue weighted by molar-refractivity contribution is 5.58. The second kappa shape index (κ2) is 8.31. The van der Waals surface area contributed by atoms with Gasteiger partial charge in [-0.05, 0) is 42.5 Å². The van der Waals surface area contributed by atoms with Gasteiger partial charge in [0.2, 0.25) is 0 Å². The van der Waals surface area contributed by atoms with Crippen molar-refractivity contribution in [1.29, 1.82) is 0 Å². The fourth-order valence-corrected chi connectivity index (χ4v) is 2.33. The van der Waals surface area contributed by atoms with Crippen molar-refractivity contribution in [2.75, 3.05) is 12.4 Å². The molecule has 110 valence electrons. The minimum Gasteiger partial charge on any atom is -0.388 e. The van der Waals surface area contributed by atoms with Gasteiger partial charge in [-0.3, -0.25) is 0 Å². The number of nitrogens with one attached hydrogen (secondary N) is 1. The van der Waals surface area contributed by atoms with E-state index in [2.05, 4.69) is 73.0 Å². The lowest BCUT2D eigenvalue weighted by atomic mass is 10.1. The van der Waals surface area contributed by atoms with E-state index in [4.69, 9.17) is 0 Å². The third-order valence-corrected chi connectivity index (χ3v) is 3.71. The second-order valence-corrected chi connectivity index (χ2v) is 5.36. The number of anilines is 1. The zero-order valence-electron chi connectivity index (χ0n) is 13.1. The van der Waals surface area contributed by atoms with E-state index in [9.17, 15) is 0 Å². The lowest BCUT2D eigenvalue weighted by Crippen LogP contribution is -1.86. The van der Waals surface area contributed by atoms with Crippen LogP contribution in [0, 0.1) is 0 Å². The van der Waals surface area contributed by atoms with E-state index in [-0.39, 0.29) is 0 Å². The molecule has 1 aliphatic carbocycles. The lowest BCUT2D eigenvalue weighted by Gasteiger charge is -2.00. The number of benzene rings is 1. The maximum Gasteiger partial charge on any atom is 0.0337 e. The van der Waals surface area contributed by atoms with Crippen LogP contribution in [0.4, 0.5) is 5.69 Å². The largest absolute Gasteiger partial charge is 0.388 e. The molecule has 1 aromatic carbocycles. The zero-order valence-corrected chi connectivity index (χ0v) is 13.1. The molecule has 0 atom stereocenters. The molecule has 1 aliphatic rings. The molecule has 2 rings (SSSR count). The fourth-order valence-electron chi connectivity index (χ4n) is 2.33. The zero-order chi connectivity index (χ0) is 14.9. The van der Waals surface area contributed by atoms with Crippen LogP contribution in [0.2, 0.25) is 0 Å². The summed E-state index contributed by atoms with van der Waals surface area (Å²) in [6.07, 6.45) is 18.3. The van der Waals surface area contributed by atoms with Crippen molar-refractivity contribution in [3.8, 4) is 0 Å². The molecule has 0 heterocycles. The fraction of sp³-hybridized carbons (Fsp3) is 0.300. The van der Waals surface area contributed by atoms with Crippen LogP contribution in [-0.4, -0.2) is 7.05 Å². The van der Waals surface area contributed by atoms with E-state index < -0.39 is 0 Å². The SMILES string of the molecule is CCCCC1=CCC=C(/C=C/c2ccc(NC)cc2)C=C1. The first-order valence-electron chi connectivity index (χ1n) is 7.85. The summed E-state index contributed by atoms with van der Waals surface area (Å²) in [5.41, 5.74) is 5.13. The monoisotopic (exact) mass is 279 g/mol. The quantitative estimate of drug-likeness (QED) is 0.699. The standard InChI is InChI=1S/C20H25N/c1-3-4-6-17-7-5-8-18(10-9-17)11-12-19-13-15-20(21-2)16-14-19/h7-16,21H,3-6H2,1-2H3/b12-11+. The Bertz CT molecular complexity index is 556. The molecule has 0 radical (unpaired) electrons. The molecule has 1 nitrogen and oxygen atoms in total. The predicted octanol–water partition coefficient (Wildman–Crippen LogP) is 5.74. The Balaban J connectivity index is 1.96. The van der Waals surface area contributed by atoms with Crippen LogP contribution in [0.1, 0.15) is 38.2 Å². The molecule has 0 bridgehead atoms. The average Bonchev–Trinajstić information content (AvgIpc) is 2.76. The van der Waals surface area contributed by atoms with Crippen LogP contribution in [0.3, 0.4) is 0 Å². The molecule has 0 aliphatic heterocycles. The molecule has 1 N–H and O–H groups in total. The van der Waals surface area contributed by atoms with Gasteiger partial charge in [-0.15, -0.1) is 0 Å². The van der Waals surface area contributed by atoms with Crippen molar-refractivity contribution in [1.82, 2.24) is 0 Å². The molecule has 1 heteroatoms. The van der Waals surface area contributed by atoms with E-state index in [1.807, 2.05) is 7.05 Å². The summed E-state index contributed by atoms with van der Waals surface area (Å²) in [4.78, 5) is 0. The summed E-state index contributed by atoms with van der Waals surface area (Å²) in [7, 11) is 1.94. The molecule has 21 heavy (non-hydrogen) atoms. The summed E-state index contributed by atoms with van der Waals surface area (Å²) in [5, 5.41) is 3.14. The second-order valence-electron chi connectivity index (χ2n) is 5.36. The third kappa shape index (κ3) is 5.11. The van der Waals surface area contributed by atoms with Crippen molar-refractivity contribution < 1.29 is 0 Å². The van der Waals surface area contributed by atoms with Crippen molar-refractivity contribution in [3.05, 3.63) is 71.4 Å². The first-order valence-corrected chi connectivity index (χ1v) is 7.85. The van der Waals surface area contributed by atoms with Crippen molar-refractivity contribution in [3.63, 3.8) is 0 Å². The topological polar surface area (TPSA) is 12.0 Å². The first kappa shape index (κ1) is 15.4. The molecule has 0 saturated carbocycles. The average molecular weight is 279 g/mol. The van der Waals surface area contributed by atoms with Crippen LogP contribution in [0.25, 0.3) is 6.08 Å². The van der Waals surface area contributed by atoms with Crippen molar-refractivity contribution >= 4 is 11.8 Å². The van der Waals surface area contributed by atoms with Gasteiger partial charge in [0.05, 0.1) is 0 Å². The number of unbranched alkanes of at least 4 members (excludes halogenated alkanes) is 1. The molecule has 0 aromatic heterocycles. The molecule has 0 saturated heterocycles. The van der Waals surface area contributed by atoms with E-state index >= 15 is 0 Å². The Labute approximate surface area is 128 Å². The van der Waals surface area contributed by atoms with Crippen LogP contribution in [0.15, 0.2) is 65.8 Å². The van der Waals surface area contributed by atoms with Gasteiger partial charge < -0.3 is 5.32 Å². The summed E-state index contributed by atoms with van der Waals surface area (Å²) in [5.74, 6) is 0. The van der Waals surface area contributed by atoms with Crippen LogP contribution < -0.4 is 5.32 Å². The van der Waals surface area contributed by atoms with E-state index in [0.717, 1.165) is 12.1 Å². The minimum atomic E-state index is 1.03. The lowest BCUT2D eigenvalue weighted by molar-refractivity contribution is 0.796. The molecule has 0 amide bonds. The highest BCUT2D eigenvalue weighted by Crippen LogP contribution is 2.17. The van der Waals surface area contributed by atoms with Crippen molar-refractivity contribution in [2.45, 2.75) is 32.6 Å². The Morgan fingerprint density at radius 2 is 1.86 bits per heavy atom. The summed E-state index contributed by atoms with van der Waals surface area (Å²) >= 11 is 0. The highest BCUT2D eigenvalue weighted by Gasteiger charge is 1.97. The smallest absolute Gasteiger partial charge is 0.0337 e. The van der Waals surface area contributed by atoms with E-state index in [1.54, 1.807) is 0 Å². The number of hydrogen-bond donors (Lipinski definition) is 1. The van der Waals surface area contributed by atoms with Crippen LogP contribution in [-0.2, 0) is 0 Å². The number of rotatable bonds is 6. The summed E-state index contributed by atoms with van der Waals surface area (Å²) < 4.78 is 0. The summed E-state index contributed by atoms with van der Waals surface area (Å²) in [6, 6.07) is 8.46. The molecule has 0 spiro atoms.